The highest BCUT2D eigenvalue weighted by Crippen LogP contribution is 2.34. The molecular formula is C23H14Cl2N2O2. The lowest BCUT2D eigenvalue weighted by Gasteiger charge is -2.08. The third-order valence-corrected chi connectivity index (χ3v) is 5.51. The van der Waals surface area contributed by atoms with Crippen LogP contribution in [0.3, 0.4) is 0 Å². The third kappa shape index (κ3) is 3.07. The number of hydrogen-bond donors (Lipinski definition) is 2. The number of carbonyl (C=O) groups excluding carboxylic acids is 1. The van der Waals surface area contributed by atoms with Crippen molar-refractivity contribution in [2.45, 2.75) is 0 Å². The number of benzene rings is 4. The molecule has 0 aliphatic rings. The van der Waals surface area contributed by atoms with Gasteiger partial charge >= 0.3 is 5.97 Å². The first-order valence-corrected chi connectivity index (χ1v) is 9.66. The largest absolute Gasteiger partial charge is 0.423 e. The number of hydrogen-bond acceptors (Lipinski definition) is 3. The van der Waals surface area contributed by atoms with Crippen LogP contribution in [0.5, 0.6) is 5.75 Å². The number of nitrogens with two attached hydrogens (primary N) is 1. The number of anilines is 1. The summed E-state index contributed by atoms with van der Waals surface area (Å²) in [4.78, 5) is 16.0. The van der Waals surface area contributed by atoms with E-state index in [2.05, 4.69) is 11.1 Å². The molecular weight excluding hydrogens is 407 g/mol. The van der Waals surface area contributed by atoms with E-state index in [1.165, 1.54) is 6.07 Å². The van der Waals surface area contributed by atoms with Gasteiger partial charge in [-0.3, -0.25) is 0 Å². The van der Waals surface area contributed by atoms with E-state index < -0.39 is 5.97 Å². The van der Waals surface area contributed by atoms with E-state index in [1.807, 2.05) is 36.4 Å². The number of nitrogen functional groups attached to an aromatic ring is 1. The van der Waals surface area contributed by atoms with Gasteiger partial charge in [0.25, 0.3) is 0 Å². The molecule has 0 aliphatic heterocycles. The van der Waals surface area contributed by atoms with Crippen molar-refractivity contribution in [1.29, 1.82) is 0 Å². The summed E-state index contributed by atoms with van der Waals surface area (Å²) in [5, 5.41) is 5.04. The maximum absolute atomic E-state index is 12.6. The van der Waals surface area contributed by atoms with Gasteiger partial charge in [0, 0.05) is 32.4 Å². The van der Waals surface area contributed by atoms with Crippen LogP contribution in [-0.2, 0) is 0 Å². The molecule has 0 aliphatic carbocycles. The van der Waals surface area contributed by atoms with Crippen molar-refractivity contribution in [1.82, 2.24) is 4.98 Å². The van der Waals surface area contributed by atoms with Gasteiger partial charge in [0.15, 0.2) is 0 Å². The van der Waals surface area contributed by atoms with Gasteiger partial charge in [-0.1, -0.05) is 41.4 Å². The topological polar surface area (TPSA) is 68.1 Å². The summed E-state index contributed by atoms with van der Waals surface area (Å²) in [7, 11) is 0. The average molecular weight is 421 g/mol. The maximum atomic E-state index is 12.6. The number of carbonyl (C=O) groups is 1. The van der Waals surface area contributed by atoms with E-state index in [0.29, 0.717) is 21.5 Å². The number of rotatable bonds is 2. The molecule has 0 bridgehead atoms. The van der Waals surface area contributed by atoms with Crippen molar-refractivity contribution in [2.75, 3.05) is 5.73 Å². The fraction of sp³-hybridized carbons (Fsp3) is 0. The van der Waals surface area contributed by atoms with Crippen LogP contribution in [0.2, 0.25) is 10.0 Å². The molecule has 4 aromatic carbocycles. The molecule has 6 heteroatoms. The fourth-order valence-electron chi connectivity index (χ4n) is 3.57. The molecule has 0 atom stereocenters. The molecule has 5 rings (SSSR count). The van der Waals surface area contributed by atoms with Crippen molar-refractivity contribution in [3.63, 3.8) is 0 Å². The van der Waals surface area contributed by atoms with Gasteiger partial charge in [0.2, 0.25) is 0 Å². The van der Waals surface area contributed by atoms with Crippen LogP contribution in [0.1, 0.15) is 10.4 Å². The summed E-state index contributed by atoms with van der Waals surface area (Å²) in [6, 6.07) is 20.1. The van der Waals surface area contributed by atoms with Gasteiger partial charge in [-0.15, -0.1) is 0 Å². The van der Waals surface area contributed by atoms with Gasteiger partial charge in [-0.2, -0.15) is 0 Å². The monoisotopic (exact) mass is 420 g/mol. The maximum Gasteiger partial charge on any atom is 0.345 e. The minimum Gasteiger partial charge on any atom is -0.423 e. The smallest absolute Gasteiger partial charge is 0.345 e. The molecule has 5 aromatic rings. The van der Waals surface area contributed by atoms with E-state index >= 15 is 0 Å². The zero-order valence-corrected chi connectivity index (χ0v) is 16.5. The lowest BCUT2D eigenvalue weighted by Crippen LogP contribution is -2.09. The minimum atomic E-state index is -0.558. The summed E-state index contributed by atoms with van der Waals surface area (Å²) >= 11 is 12.3. The predicted molar refractivity (Wildman–Crippen MR) is 119 cm³/mol. The van der Waals surface area contributed by atoms with Gasteiger partial charge < -0.3 is 15.5 Å². The number of aromatic nitrogens is 1. The number of esters is 1. The number of halogens is 2. The van der Waals surface area contributed by atoms with Crippen molar-refractivity contribution >= 4 is 67.4 Å². The Labute approximate surface area is 175 Å². The van der Waals surface area contributed by atoms with Crippen LogP contribution in [0, 0.1) is 0 Å². The molecule has 142 valence electrons. The minimum absolute atomic E-state index is 0.227. The lowest BCUT2D eigenvalue weighted by molar-refractivity contribution is 0.0735. The highest BCUT2D eigenvalue weighted by Gasteiger charge is 2.15. The first-order valence-electron chi connectivity index (χ1n) is 8.90. The highest BCUT2D eigenvalue weighted by molar-refractivity contribution is 6.34. The summed E-state index contributed by atoms with van der Waals surface area (Å²) in [6.45, 7) is 0. The van der Waals surface area contributed by atoms with E-state index in [4.69, 9.17) is 33.7 Å². The number of H-pyrrole nitrogens is 1. The van der Waals surface area contributed by atoms with Gasteiger partial charge in [0.1, 0.15) is 5.75 Å². The second-order valence-corrected chi connectivity index (χ2v) is 7.66. The summed E-state index contributed by atoms with van der Waals surface area (Å²) in [6.07, 6.45) is 0. The molecule has 0 saturated heterocycles. The molecule has 0 amide bonds. The Bertz CT molecular complexity index is 1440. The van der Waals surface area contributed by atoms with Crippen LogP contribution < -0.4 is 10.5 Å². The Hall–Kier alpha value is -3.21. The van der Waals surface area contributed by atoms with E-state index in [9.17, 15) is 4.79 Å². The molecule has 0 unspecified atom stereocenters. The van der Waals surface area contributed by atoms with Crippen LogP contribution in [0.4, 0.5) is 5.69 Å². The first kappa shape index (κ1) is 17.9. The molecule has 0 radical (unpaired) electrons. The van der Waals surface area contributed by atoms with Crippen LogP contribution >= 0.6 is 23.2 Å². The molecule has 3 N–H and O–H groups in total. The van der Waals surface area contributed by atoms with Crippen LogP contribution in [0.25, 0.3) is 32.6 Å². The molecule has 4 nitrogen and oxygen atoms in total. The standard InChI is InChI=1S/C23H14Cl2N2O2/c24-13-3-8-21-18(9-13)16-6-2-12-1-5-15(11-17(12)22(16)27-21)29-23(28)19-10-14(26)4-7-20(19)25/h1-11,27H,26H2. The zero-order chi connectivity index (χ0) is 20.1. The lowest BCUT2D eigenvalue weighted by atomic mass is 10.1. The van der Waals surface area contributed by atoms with Gasteiger partial charge in [-0.05, 0) is 53.9 Å². The van der Waals surface area contributed by atoms with Crippen LogP contribution in [-0.4, -0.2) is 11.0 Å². The van der Waals surface area contributed by atoms with Crippen molar-refractivity contribution in [3.05, 3.63) is 82.3 Å². The Kier molecular flexibility index (Phi) is 4.12. The Balaban J connectivity index is 1.62. The number of ether oxygens (including phenoxy) is 1. The number of nitrogens with one attached hydrogen (secondary N) is 1. The van der Waals surface area contributed by atoms with E-state index in [0.717, 1.165) is 32.6 Å². The van der Waals surface area contributed by atoms with Gasteiger partial charge in [-0.25, -0.2) is 4.79 Å². The number of aromatic amines is 1. The highest BCUT2D eigenvalue weighted by atomic mass is 35.5. The second kappa shape index (κ2) is 6.69. The summed E-state index contributed by atoms with van der Waals surface area (Å²) < 4.78 is 5.57. The first-order chi connectivity index (χ1) is 14.0. The van der Waals surface area contributed by atoms with Crippen molar-refractivity contribution < 1.29 is 9.53 Å². The molecule has 0 fully saturated rings. The molecule has 0 spiro atoms. The number of fused-ring (bicyclic) bond motifs is 5. The van der Waals surface area contributed by atoms with Crippen LogP contribution in [0.15, 0.2) is 66.7 Å². The van der Waals surface area contributed by atoms with E-state index in [-0.39, 0.29) is 5.56 Å². The van der Waals surface area contributed by atoms with Gasteiger partial charge in [0.05, 0.1) is 16.1 Å². The second-order valence-electron chi connectivity index (χ2n) is 6.81. The quantitative estimate of drug-likeness (QED) is 0.192. The molecule has 0 saturated carbocycles. The van der Waals surface area contributed by atoms with Crippen molar-refractivity contribution in [3.8, 4) is 5.75 Å². The molecule has 1 aromatic heterocycles. The molecule has 1 heterocycles. The predicted octanol–water partition coefficient (Wildman–Crippen LogP) is 6.58. The third-order valence-electron chi connectivity index (χ3n) is 4.95. The fourth-order valence-corrected chi connectivity index (χ4v) is 3.93. The zero-order valence-electron chi connectivity index (χ0n) is 15.0. The normalized spacial score (nSPS) is 11.4. The average Bonchev–Trinajstić information content (AvgIpc) is 3.08. The Morgan fingerprint density at radius 1 is 0.862 bits per heavy atom. The summed E-state index contributed by atoms with van der Waals surface area (Å²) in [5.74, 6) is -0.137. The Morgan fingerprint density at radius 3 is 2.55 bits per heavy atom. The SMILES string of the molecule is Nc1ccc(Cl)c(C(=O)Oc2ccc3ccc4c5cc(Cl)ccc5[nH]c4c3c2)c1. The summed E-state index contributed by atoms with van der Waals surface area (Å²) in [5.41, 5.74) is 8.38. The molecule has 29 heavy (non-hydrogen) atoms. The Morgan fingerprint density at radius 2 is 1.69 bits per heavy atom. The van der Waals surface area contributed by atoms with E-state index in [1.54, 1.807) is 18.2 Å². The van der Waals surface area contributed by atoms with Crippen molar-refractivity contribution in [2.24, 2.45) is 0 Å².